The number of aliphatic imine (C=N–C) groups is 1. The lowest BCUT2D eigenvalue weighted by atomic mass is 9.98. The van der Waals surface area contributed by atoms with Gasteiger partial charge in [-0.2, -0.15) is 0 Å². The molecular formula is C22H21N5O. The number of hydrogen-bond donors (Lipinski definition) is 0. The summed E-state index contributed by atoms with van der Waals surface area (Å²) in [6.07, 6.45) is 3.67. The molecule has 6 nitrogen and oxygen atoms in total. The topological polar surface area (TPSA) is 63.5 Å². The number of pyridine rings is 1. The minimum atomic E-state index is 0.703. The summed E-state index contributed by atoms with van der Waals surface area (Å²) < 4.78 is 5.46. The Morgan fingerprint density at radius 1 is 0.929 bits per heavy atom. The smallest absolute Gasteiger partial charge is 0.159 e. The van der Waals surface area contributed by atoms with Gasteiger partial charge < -0.3 is 9.64 Å². The molecule has 28 heavy (non-hydrogen) atoms. The molecule has 3 aromatic rings. The summed E-state index contributed by atoms with van der Waals surface area (Å²) in [6.45, 7) is 5.91. The standard InChI is InChI=1S/C22H21N5O/c1-15-4-6-24-22(26-15)17-2-3-18-14-25-21(19(18)12-17)16-5-7-23-20(13-16)27-8-10-28-11-9-27/h2-7,12-13H,8-11,14H2,1H3. The van der Waals surface area contributed by atoms with Crippen molar-refractivity contribution in [1.29, 1.82) is 0 Å². The number of fused-ring (bicyclic) bond motifs is 1. The molecule has 5 rings (SSSR count). The zero-order chi connectivity index (χ0) is 18.9. The maximum atomic E-state index is 5.46. The van der Waals surface area contributed by atoms with Crippen molar-refractivity contribution in [2.45, 2.75) is 13.5 Å². The third kappa shape index (κ3) is 3.16. The van der Waals surface area contributed by atoms with Crippen LogP contribution in [0.5, 0.6) is 0 Å². The molecule has 0 N–H and O–H groups in total. The second-order valence-corrected chi connectivity index (χ2v) is 7.06. The summed E-state index contributed by atoms with van der Waals surface area (Å²) in [5, 5.41) is 0. The molecule has 6 heteroatoms. The fraction of sp³-hybridized carbons (Fsp3) is 0.273. The lowest BCUT2D eigenvalue weighted by Crippen LogP contribution is -2.36. The summed E-state index contributed by atoms with van der Waals surface area (Å²) in [6, 6.07) is 12.5. The largest absolute Gasteiger partial charge is 0.378 e. The van der Waals surface area contributed by atoms with Crippen LogP contribution >= 0.6 is 0 Å². The number of morpholine rings is 1. The van der Waals surface area contributed by atoms with Gasteiger partial charge in [0.2, 0.25) is 0 Å². The fourth-order valence-electron chi connectivity index (χ4n) is 3.69. The van der Waals surface area contributed by atoms with Gasteiger partial charge in [-0.3, -0.25) is 4.99 Å². The van der Waals surface area contributed by atoms with Crippen molar-refractivity contribution in [1.82, 2.24) is 15.0 Å². The first kappa shape index (κ1) is 17.0. The quantitative estimate of drug-likeness (QED) is 0.708. The van der Waals surface area contributed by atoms with E-state index in [0.717, 1.165) is 66.0 Å². The first-order valence-electron chi connectivity index (χ1n) is 9.55. The third-order valence-electron chi connectivity index (χ3n) is 5.18. The average molecular weight is 371 g/mol. The third-order valence-corrected chi connectivity index (χ3v) is 5.18. The molecule has 0 bridgehead atoms. The van der Waals surface area contributed by atoms with Crippen molar-refractivity contribution in [2.24, 2.45) is 4.99 Å². The Balaban J connectivity index is 1.50. The maximum Gasteiger partial charge on any atom is 0.159 e. The highest BCUT2D eigenvalue weighted by molar-refractivity contribution is 6.15. The molecule has 2 aliphatic rings. The fourth-order valence-corrected chi connectivity index (χ4v) is 3.69. The number of aryl methyl sites for hydroxylation is 1. The number of nitrogens with zero attached hydrogens (tertiary/aromatic N) is 5. The molecule has 140 valence electrons. The van der Waals surface area contributed by atoms with E-state index in [4.69, 9.17) is 9.73 Å². The van der Waals surface area contributed by atoms with E-state index in [1.807, 2.05) is 25.3 Å². The maximum absolute atomic E-state index is 5.46. The van der Waals surface area contributed by atoms with E-state index in [0.29, 0.717) is 6.54 Å². The van der Waals surface area contributed by atoms with E-state index in [-0.39, 0.29) is 0 Å². The van der Waals surface area contributed by atoms with Gasteiger partial charge in [-0.25, -0.2) is 15.0 Å². The Kier molecular flexibility index (Phi) is 4.33. The van der Waals surface area contributed by atoms with Crippen LogP contribution in [0.1, 0.15) is 22.4 Å². The van der Waals surface area contributed by atoms with Crippen LogP contribution in [0.4, 0.5) is 5.82 Å². The Bertz CT molecular complexity index is 1060. The zero-order valence-electron chi connectivity index (χ0n) is 15.8. The predicted octanol–water partition coefficient (Wildman–Crippen LogP) is 3.03. The number of anilines is 1. The van der Waals surface area contributed by atoms with Crippen LogP contribution in [0.25, 0.3) is 11.4 Å². The van der Waals surface area contributed by atoms with E-state index < -0.39 is 0 Å². The molecule has 0 spiro atoms. The van der Waals surface area contributed by atoms with Crippen molar-refractivity contribution >= 4 is 11.5 Å². The zero-order valence-corrected chi connectivity index (χ0v) is 15.8. The number of ether oxygens (including phenoxy) is 1. The molecule has 0 atom stereocenters. The van der Waals surface area contributed by atoms with Gasteiger partial charge >= 0.3 is 0 Å². The Morgan fingerprint density at radius 3 is 2.64 bits per heavy atom. The van der Waals surface area contributed by atoms with Crippen LogP contribution in [0.2, 0.25) is 0 Å². The van der Waals surface area contributed by atoms with Crippen molar-refractivity contribution in [3.05, 3.63) is 71.2 Å². The van der Waals surface area contributed by atoms with Crippen molar-refractivity contribution in [3.63, 3.8) is 0 Å². The van der Waals surface area contributed by atoms with E-state index in [1.54, 1.807) is 6.20 Å². The highest BCUT2D eigenvalue weighted by atomic mass is 16.5. The minimum absolute atomic E-state index is 0.703. The molecule has 2 aromatic heterocycles. The van der Waals surface area contributed by atoms with Gasteiger partial charge in [0.15, 0.2) is 5.82 Å². The van der Waals surface area contributed by atoms with Crippen molar-refractivity contribution in [2.75, 3.05) is 31.2 Å². The van der Waals surface area contributed by atoms with Gasteiger partial charge in [-0.05, 0) is 36.8 Å². The van der Waals surface area contributed by atoms with Crippen LogP contribution in [0, 0.1) is 6.92 Å². The molecule has 2 aliphatic heterocycles. The summed E-state index contributed by atoms with van der Waals surface area (Å²) in [5.41, 5.74) is 6.47. The summed E-state index contributed by atoms with van der Waals surface area (Å²) in [7, 11) is 0. The van der Waals surface area contributed by atoms with Gasteiger partial charge in [-0.15, -0.1) is 0 Å². The van der Waals surface area contributed by atoms with E-state index in [9.17, 15) is 0 Å². The Hall–Kier alpha value is -3.12. The van der Waals surface area contributed by atoms with Gasteiger partial charge in [-0.1, -0.05) is 12.1 Å². The molecular weight excluding hydrogens is 350 g/mol. The van der Waals surface area contributed by atoms with Gasteiger partial charge in [0.05, 0.1) is 25.5 Å². The number of hydrogen-bond acceptors (Lipinski definition) is 6. The molecule has 0 amide bonds. The molecule has 0 radical (unpaired) electrons. The molecule has 0 aliphatic carbocycles. The number of aromatic nitrogens is 3. The van der Waals surface area contributed by atoms with Crippen LogP contribution in [-0.2, 0) is 11.3 Å². The Labute approximate surface area is 164 Å². The molecule has 1 saturated heterocycles. The van der Waals surface area contributed by atoms with E-state index >= 15 is 0 Å². The van der Waals surface area contributed by atoms with E-state index in [2.05, 4.69) is 44.1 Å². The number of rotatable bonds is 3. The van der Waals surface area contributed by atoms with Crippen molar-refractivity contribution in [3.8, 4) is 11.4 Å². The second-order valence-electron chi connectivity index (χ2n) is 7.06. The summed E-state index contributed by atoms with van der Waals surface area (Å²) in [4.78, 5) is 20.6. The normalized spacial score (nSPS) is 16.0. The number of benzene rings is 1. The monoisotopic (exact) mass is 371 g/mol. The van der Waals surface area contributed by atoms with Crippen LogP contribution < -0.4 is 4.90 Å². The highest BCUT2D eigenvalue weighted by Gasteiger charge is 2.20. The van der Waals surface area contributed by atoms with Gasteiger partial charge in [0.25, 0.3) is 0 Å². The minimum Gasteiger partial charge on any atom is -0.378 e. The van der Waals surface area contributed by atoms with Crippen molar-refractivity contribution < 1.29 is 4.74 Å². The predicted molar refractivity (Wildman–Crippen MR) is 109 cm³/mol. The van der Waals surface area contributed by atoms with Gasteiger partial charge in [0, 0.05) is 47.9 Å². The molecule has 0 saturated carbocycles. The van der Waals surface area contributed by atoms with Crippen LogP contribution in [-0.4, -0.2) is 47.0 Å². The lowest BCUT2D eigenvalue weighted by Gasteiger charge is -2.28. The molecule has 1 aromatic carbocycles. The van der Waals surface area contributed by atoms with Crippen LogP contribution in [0.15, 0.2) is 53.8 Å². The Morgan fingerprint density at radius 2 is 1.79 bits per heavy atom. The average Bonchev–Trinajstić information content (AvgIpc) is 3.18. The SMILES string of the molecule is Cc1ccnc(-c2ccc3c(c2)C(c2ccnc(N4CCOCC4)c2)=NC3)n1. The molecule has 1 fully saturated rings. The van der Waals surface area contributed by atoms with E-state index in [1.165, 1.54) is 5.56 Å². The summed E-state index contributed by atoms with van der Waals surface area (Å²) in [5.74, 6) is 1.73. The highest BCUT2D eigenvalue weighted by Crippen LogP contribution is 2.28. The first-order valence-corrected chi connectivity index (χ1v) is 9.55. The lowest BCUT2D eigenvalue weighted by molar-refractivity contribution is 0.122. The van der Waals surface area contributed by atoms with Gasteiger partial charge in [0.1, 0.15) is 5.82 Å². The molecule has 0 unspecified atom stereocenters. The van der Waals surface area contributed by atoms with Crippen LogP contribution in [0.3, 0.4) is 0 Å². The first-order chi connectivity index (χ1) is 13.8. The second kappa shape index (κ2) is 7.13. The summed E-state index contributed by atoms with van der Waals surface area (Å²) >= 11 is 0. The molecule has 4 heterocycles.